The number of unbranched alkanes of at least 4 members (excludes halogenated alkanes) is 4. The summed E-state index contributed by atoms with van der Waals surface area (Å²) in [5.41, 5.74) is 0. The molecular formula is C10H24N2O2S. The third-order valence-electron chi connectivity index (χ3n) is 2.31. The van der Waals surface area contributed by atoms with Gasteiger partial charge in [0, 0.05) is 6.54 Å². The van der Waals surface area contributed by atoms with Crippen LogP contribution in [0.4, 0.5) is 0 Å². The molecule has 5 heteroatoms. The molecule has 0 unspecified atom stereocenters. The lowest BCUT2D eigenvalue weighted by molar-refractivity contribution is 0.567. The zero-order valence-corrected chi connectivity index (χ0v) is 10.7. The third-order valence-corrected chi connectivity index (χ3v) is 3.71. The minimum absolute atomic E-state index is 0.176. The maximum atomic E-state index is 11.1. The zero-order valence-electron chi connectivity index (χ0n) is 9.88. The van der Waals surface area contributed by atoms with Crippen LogP contribution in [0.5, 0.6) is 0 Å². The van der Waals surface area contributed by atoms with E-state index >= 15 is 0 Å². The van der Waals surface area contributed by atoms with Gasteiger partial charge >= 0.3 is 0 Å². The quantitative estimate of drug-likeness (QED) is 0.558. The van der Waals surface area contributed by atoms with Gasteiger partial charge in [0.2, 0.25) is 10.0 Å². The summed E-state index contributed by atoms with van der Waals surface area (Å²) in [7, 11) is -1.02. The first-order chi connectivity index (χ1) is 7.12. The van der Waals surface area contributed by atoms with Gasteiger partial charge in [-0.2, -0.15) is 0 Å². The van der Waals surface area contributed by atoms with E-state index in [-0.39, 0.29) is 5.75 Å². The molecular weight excluding hydrogens is 212 g/mol. The highest BCUT2D eigenvalue weighted by Gasteiger charge is 2.03. The fourth-order valence-corrected chi connectivity index (χ4v) is 1.95. The fraction of sp³-hybridized carbons (Fsp3) is 1.00. The van der Waals surface area contributed by atoms with Gasteiger partial charge in [-0.05, 0) is 33.4 Å². The van der Waals surface area contributed by atoms with Crippen LogP contribution in [0.3, 0.4) is 0 Å². The summed E-state index contributed by atoms with van der Waals surface area (Å²) in [4.78, 5) is 0. The highest BCUT2D eigenvalue weighted by atomic mass is 32.2. The van der Waals surface area contributed by atoms with Crippen molar-refractivity contribution in [2.24, 2.45) is 0 Å². The largest absolute Gasteiger partial charge is 0.320 e. The first-order valence-corrected chi connectivity index (χ1v) is 7.39. The van der Waals surface area contributed by atoms with Crippen molar-refractivity contribution < 1.29 is 8.42 Å². The highest BCUT2D eigenvalue weighted by molar-refractivity contribution is 7.89. The van der Waals surface area contributed by atoms with Crippen LogP contribution >= 0.6 is 0 Å². The van der Waals surface area contributed by atoms with Gasteiger partial charge in [0.25, 0.3) is 0 Å². The SMILES string of the molecule is CCS(=O)(=O)NCCCCCCCNC. The maximum Gasteiger partial charge on any atom is 0.211 e. The molecule has 92 valence electrons. The minimum Gasteiger partial charge on any atom is -0.320 e. The van der Waals surface area contributed by atoms with Crippen molar-refractivity contribution in [2.75, 3.05) is 25.9 Å². The molecule has 0 atom stereocenters. The van der Waals surface area contributed by atoms with Gasteiger partial charge in [0.05, 0.1) is 5.75 Å². The normalized spacial score (nSPS) is 11.9. The molecule has 0 aromatic heterocycles. The van der Waals surface area contributed by atoms with Crippen LogP contribution < -0.4 is 10.0 Å². The molecule has 0 amide bonds. The summed E-state index contributed by atoms with van der Waals surface area (Å²) in [6.45, 7) is 3.31. The first kappa shape index (κ1) is 14.9. The molecule has 0 aliphatic heterocycles. The summed E-state index contributed by atoms with van der Waals surface area (Å²) in [6.07, 6.45) is 5.67. The molecule has 0 fully saturated rings. The smallest absolute Gasteiger partial charge is 0.211 e. The molecule has 4 nitrogen and oxygen atoms in total. The number of hydrogen-bond acceptors (Lipinski definition) is 3. The van der Waals surface area contributed by atoms with Gasteiger partial charge in [-0.1, -0.05) is 19.3 Å². The zero-order chi connectivity index (χ0) is 11.6. The van der Waals surface area contributed by atoms with Crippen molar-refractivity contribution in [1.29, 1.82) is 0 Å². The van der Waals surface area contributed by atoms with E-state index < -0.39 is 10.0 Å². The Morgan fingerprint density at radius 3 is 2.00 bits per heavy atom. The predicted octanol–water partition coefficient (Wildman–Crippen LogP) is 1.10. The third kappa shape index (κ3) is 10.2. The van der Waals surface area contributed by atoms with E-state index in [4.69, 9.17) is 0 Å². The summed E-state index contributed by atoms with van der Waals surface area (Å²) >= 11 is 0. The lowest BCUT2D eigenvalue weighted by Gasteiger charge is -2.04. The van der Waals surface area contributed by atoms with Gasteiger partial charge in [-0.25, -0.2) is 13.1 Å². The first-order valence-electron chi connectivity index (χ1n) is 5.74. The van der Waals surface area contributed by atoms with E-state index in [2.05, 4.69) is 10.0 Å². The van der Waals surface area contributed by atoms with Crippen LogP contribution in [0.2, 0.25) is 0 Å². The lowest BCUT2D eigenvalue weighted by atomic mass is 10.1. The summed E-state index contributed by atoms with van der Waals surface area (Å²) in [5, 5.41) is 3.11. The fourth-order valence-electron chi connectivity index (χ4n) is 1.29. The van der Waals surface area contributed by atoms with Gasteiger partial charge in [-0.15, -0.1) is 0 Å². The van der Waals surface area contributed by atoms with E-state index in [1.807, 2.05) is 7.05 Å². The van der Waals surface area contributed by atoms with Crippen molar-refractivity contribution >= 4 is 10.0 Å². The monoisotopic (exact) mass is 236 g/mol. The number of hydrogen-bond donors (Lipinski definition) is 2. The lowest BCUT2D eigenvalue weighted by Crippen LogP contribution is -2.26. The van der Waals surface area contributed by atoms with Crippen LogP contribution in [-0.4, -0.2) is 34.3 Å². The number of sulfonamides is 1. The van der Waals surface area contributed by atoms with Gasteiger partial charge in [0.1, 0.15) is 0 Å². The molecule has 0 aliphatic rings. The summed E-state index contributed by atoms with van der Waals surface area (Å²) in [6, 6.07) is 0. The molecule has 0 rings (SSSR count). The van der Waals surface area contributed by atoms with Gasteiger partial charge in [0.15, 0.2) is 0 Å². The average molecular weight is 236 g/mol. The van der Waals surface area contributed by atoms with Crippen LogP contribution in [0.1, 0.15) is 39.0 Å². The van der Waals surface area contributed by atoms with Crippen LogP contribution in [0, 0.1) is 0 Å². The Bertz CT molecular complexity index is 228. The second kappa shape index (κ2) is 9.12. The van der Waals surface area contributed by atoms with E-state index in [1.54, 1.807) is 6.92 Å². The summed E-state index contributed by atoms with van der Waals surface area (Å²) < 4.78 is 24.7. The second-order valence-corrected chi connectivity index (χ2v) is 5.76. The molecule has 2 N–H and O–H groups in total. The molecule has 0 heterocycles. The van der Waals surface area contributed by atoms with Crippen molar-refractivity contribution in [3.05, 3.63) is 0 Å². The Labute approximate surface area is 93.9 Å². The topological polar surface area (TPSA) is 58.2 Å². The second-order valence-electron chi connectivity index (χ2n) is 3.67. The van der Waals surface area contributed by atoms with E-state index in [0.29, 0.717) is 6.54 Å². The molecule has 0 bridgehead atoms. The van der Waals surface area contributed by atoms with E-state index in [1.165, 1.54) is 19.3 Å². The molecule has 0 aromatic rings. The molecule has 15 heavy (non-hydrogen) atoms. The molecule has 0 radical (unpaired) electrons. The van der Waals surface area contributed by atoms with Crippen molar-refractivity contribution in [1.82, 2.24) is 10.0 Å². The van der Waals surface area contributed by atoms with Gasteiger partial charge < -0.3 is 5.32 Å². The Kier molecular flexibility index (Phi) is 9.04. The Morgan fingerprint density at radius 2 is 1.47 bits per heavy atom. The van der Waals surface area contributed by atoms with E-state index in [9.17, 15) is 8.42 Å². The maximum absolute atomic E-state index is 11.1. The molecule has 0 saturated carbocycles. The molecule has 0 spiro atoms. The Morgan fingerprint density at radius 1 is 0.933 bits per heavy atom. The summed E-state index contributed by atoms with van der Waals surface area (Å²) in [5.74, 6) is 0.176. The van der Waals surface area contributed by atoms with Gasteiger partial charge in [-0.3, -0.25) is 0 Å². The number of rotatable bonds is 10. The Balaban J connectivity index is 3.19. The molecule has 0 aromatic carbocycles. The van der Waals surface area contributed by atoms with Crippen LogP contribution in [-0.2, 0) is 10.0 Å². The standard InChI is InChI=1S/C10H24N2O2S/c1-3-15(13,14)12-10-8-6-4-5-7-9-11-2/h11-12H,3-10H2,1-2H3. The average Bonchev–Trinajstić information content (AvgIpc) is 2.22. The predicted molar refractivity (Wildman–Crippen MR) is 64.5 cm³/mol. The van der Waals surface area contributed by atoms with E-state index in [0.717, 1.165) is 19.4 Å². The van der Waals surface area contributed by atoms with Crippen LogP contribution in [0.15, 0.2) is 0 Å². The Hall–Kier alpha value is -0.130. The molecule has 0 aliphatic carbocycles. The minimum atomic E-state index is -2.98. The van der Waals surface area contributed by atoms with Crippen molar-refractivity contribution in [3.8, 4) is 0 Å². The number of nitrogens with one attached hydrogen (secondary N) is 2. The molecule has 0 saturated heterocycles. The van der Waals surface area contributed by atoms with Crippen molar-refractivity contribution in [2.45, 2.75) is 39.0 Å². The van der Waals surface area contributed by atoms with Crippen LogP contribution in [0.25, 0.3) is 0 Å². The highest BCUT2D eigenvalue weighted by Crippen LogP contribution is 2.01. The van der Waals surface area contributed by atoms with Crippen molar-refractivity contribution in [3.63, 3.8) is 0 Å².